The number of hydrogen-bond acceptors (Lipinski definition) is 6. The first-order valence-electron chi connectivity index (χ1n) is 8.06. The van der Waals surface area contributed by atoms with Crippen LogP contribution in [0, 0.1) is 12.8 Å². The molecule has 1 aromatic heterocycles. The molecule has 0 saturated carbocycles. The highest BCUT2D eigenvalue weighted by molar-refractivity contribution is 5.93. The smallest absolute Gasteiger partial charge is 0.270 e. The lowest BCUT2D eigenvalue weighted by Gasteiger charge is -2.13. The molecule has 7 heteroatoms. The number of ether oxygens (including phenoxy) is 2. The van der Waals surface area contributed by atoms with E-state index in [2.05, 4.69) is 20.6 Å². The molecule has 0 aliphatic heterocycles. The monoisotopic (exact) mass is 344 g/mol. The van der Waals surface area contributed by atoms with Crippen molar-refractivity contribution < 1.29 is 14.3 Å². The minimum Gasteiger partial charge on any atom is -0.497 e. The molecule has 1 aromatic carbocycles. The fourth-order valence-corrected chi connectivity index (χ4v) is 2.18. The van der Waals surface area contributed by atoms with E-state index in [0.717, 1.165) is 5.69 Å². The van der Waals surface area contributed by atoms with Crippen LogP contribution in [-0.4, -0.2) is 36.6 Å². The second-order valence-electron chi connectivity index (χ2n) is 5.98. The largest absolute Gasteiger partial charge is 0.497 e. The normalized spacial score (nSPS) is 10.5. The maximum absolute atomic E-state index is 12.2. The summed E-state index contributed by atoms with van der Waals surface area (Å²) in [7, 11) is 3.17. The maximum Gasteiger partial charge on any atom is 0.270 e. The molecule has 7 nitrogen and oxygen atoms in total. The molecule has 0 saturated heterocycles. The Hall–Kier alpha value is -2.83. The Balaban J connectivity index is 2.24. The van der Waals surface area contributed by atoms with Gasteiger partial charge in [-0.3, -0.25) is 4.79 Å². The summed E-state index contributed by atoms with van der Waals surface area (Å²) in [6.07, 6.45) is 0. The van der Waals surface area contributed by atoms with Gasteiger partial charge in [0.1, 0.15) is 28.8 Å². The summed E-state index contributed by atoms with van der Waals surface area (Å²) in [4.78, 5) is 20.8. The quantitative estimate of drug-likeness (QED) is 0.803. The van der Waals surface area contributed by atoms with E-state index < -0.39 is 0 Å². The first-order chi connectivity index (χ1) is 11.9. The van der Waals surface area contributed by atoms with Crippen LogP contribution in [0.3, 0.4) is 0 Å². The molecule has 0 aliphatic rings. The first kappa shape index (κ1) is 18.5. The number of nitrogens with zero attached hydrogens (tertiary/aromatic N) is 2. The number of benzene rings is 1. The molecule has 0 spiro atoms. The van der Waals surface area contributed by atoms with Crippen molar-refractivity contribution in [3.05, 3.63) is 35.8 Å². The third-order valence-electron chi connectivity index (χ3n) is 3.41. The highest BCUT2D eigenvalue weighted by Crippen LogP contribution is 2.31. The molecular formula is C18H24N4O3. The average molecular weight is 344 g/mol. The molecule has 2 aromatic rings. The number of nitrogens with one attached hydrogen (secondary N) is 2. The van der Waals surface area contributed by atoms with Crippen LogP contribution in [0.1, 0.15) is 30.2 Å². The third-order valence-corrected chi connectivity index (χ3v) is 3.41. The Morgan fingerprint density at radius 2 is 1.92 bits per heavy atom. The molecule has 2 N–H and O–H groups in total. The summed E-state index contributed by atoms with van der Waals surface area (Å²) in [6.45, 7) is 6.41. The predicted octanol–water partition coefficient (Wildman–Crippen LogP) is 2.93. The predicted molar refractivity (Wildman–Crippen MR) is 96.8 cm³/mol. The molecule has 0 unspecified atom stereocenters. The van der Waals surface area contributed by atoms with Gasteiger partial charge in [-0.2, -0.15) is 0 Å². The topological polar surface area (TPSA) is 85.4 Å². The Kier molecular flexibility index (Phi) is 6.16. The number of hydrogen-bond donors (Lipinski definition) is 2. The molecule has 0 fully saturated rings. The Morgan fingerprint density at radius 3 is 2.56 bits per heavy atom. The molecule has 1 amide bonds. The fourth-order valence-electron chi connectivity index (χ4n) is 2.18. The van der Waals surface area contributed by atoms with Crippen molar-refractivity contribution in [2.24, 2.45) is 5.92 Å². The second kappa shape index (κ2) is 8.32. The van der Waals surface area contributed by atoms with Crippen molar-refractivity contribution in [2.75, 3.05) is 26.1 Å². The molecule has 0 aliphatic carbocycles. The Labute approximate surface area is 147 Å². The average Bonchev–Trinajstić information content (AvgIpc) is 2.59. The van der Waals surface area contributed by atoms with Crippen molar-refractivity contribution in [1.82, 2.24) is 15.3 Å². The van der Waals surface area contributed by atoms with Crippen LogP contribution in [0.4, 0.5) is 11.5 Å². The van der Waals surface area contributed by atoms with E-state index in [1.54, 1.807) is 33.3 Å². The molecule has 2 rings (SSSR count). The van der Waals surface area contributed by atoms with Crippen molar-refractivity contribution in [1.29, 1.82) is 0 Å². The van der Waals surface area contributed by atoms with Gasteiger partial charge in [0.05, 0.1) is 19.9 Å². The lowest BCUT2D eigenvalue weighted by molar-refractivity contribution is 0.0943. The van der Waals surface area contributed by atoms with E-state index >= 15 is 0 Å². The minimum absolute atomic E-state index is 0.219. The van der Waals surface area contributed by atoms with Gasteiger partial charge < -0.3 is 20.1 Å². The van der Waals surface area contributed by atoms with Gasteiger partial charge in [-0.25, -0.2) is 9.97 Å². The van der Waals surface area contributed by atoms with Gasteiger partial charge in [0, 0.05) is 18.7 Å². The van der Waals surface area contributed by atoms with Gasteiger partial charge in [-0.1, -0.05) is 13.8 Å². The second-order valence-corrected chi connectivity index (χ2v) is 5.98. The van der Waals surface area contributed by atoms with E-state index in [1.165, 1.54) is 0 Å². The van der Waals surface area contributed by atoms with Gasteiger partial charge in [0.25, 0.3) is 5.91 Å². The summed E-state index contributed by atoms with van der Waals surface area (Å²) in [5, 5.41) is 6.02. The molecule has 0 atom stereocenters. The standard InChI is InChI=1S/C18H24N4O3/c1-11(2)10-19-18(23)15-9-17(21-12(3)20-15)22-14-7-6-13(24-4)8-16(14)25-5/h6-9,11H,10H2,1-5H3,(H,19,23)(H,20,21,22). The van der Waals surface area contributed by atoms with Gasteiger partial charge in [-0.05, 0) is 25.0 Å². The van der Waals surface area contributed by atoms with Crippen molar-refractivity contribution in [2.45, 2.75) is 20.8 Å². The molecule has 1 heterocycles. The number of anilines is 2. The zero-order valence-electron chi connectivity index (χ0n) is 15.2. The van der Waals surface area contributed by atoms with E-state index in [4.69, 9.17) is 9.47 Å². The van der Waals surface area contributed by atoms with Crippen LogP contribution < -0.4 is 20.1 Å². The van der Waals surface area contributed by atoms with Crippen LogP contribution in [0.25, 0.3) is 0 Å². The zero-order valence-corrected chi connectivity index (χ0v) is 15.2. The van der Waals surface area contributed by atoms with Gasteiger partial charge in [0.15, 0.2) is 0 Å². The SMILES string of the molecule is COc1ccc(Nc2cc(C(=O)NCC(C)C)nc(C)n2)c(OC)c1. The number of rotatable bonds is 7. The summed E-state index contributed by atoms with van der Waals surface area (Å²) < 4.78 is 10.6. The molecule has 0 radical (unpaired) electrons. The summed E-state index contributed by atoms with van der Waals surface area (Å²) in [5.74, 6) is 2.48. The van der Waals surface area contributed by atoms with Crippen LogP contribution in [-0.2, 0) is 0 Å². The molecular weight excluding hydrogens is 320 g/mol. The fraction of sp³-hybridized carbons (Fsp3) is 0.389. The highest BCUT2D eigenvalue weighted by Gasteiger charge is 2.12. The summed E-state index contributed by atoms with van der Waals surface area (Å²) >= 11 is 0. The van der Waals surface area contributed by atoms with Gasteiger partial charge >= 0.3 is 0 Å². The molecule has 0 bridgehead atoms. The van der Waals surface area contributed by atoms with Crippen molar-refractivity contribution in [3.63, 3.8) is 0 Å². The maximum atomic E-state index is 12.2. The van der Waals surface area contributed by atoms with E-state index in [9.17, 15) is 4.79 Å². The summed E-state index contributed by atoms with van der Waals surface area (Å²) in [6, 6.07) is 7.03. The van der Waals surface area contributed by atoms with Gasteiger partial charge in [-0.15, -0.1) is 0 Å². The highest BCUT2D eigenvalue weighted by atomic mass is 16.5. The summed E-state index contributed by atoms with van der Waals surface area (Å²) in [5.41, 5.74) is 1.04. The van der Waals surface area contributed by atoms with Crippen LogP contribution >= 0.6 is 0 Å². The van der Waals surface area contributed by atoms with Crippen molar-refractivity contribution >= 4 is 17.4 Å². The van der Waals surface area contributed by atoms with E-state index in [1.807, 2.05) is 26.0 Å². The first-order valence-corrected chi connectivity index (χ1v) is 8.06. The number of aryl methyl sites for hydroxylation is 1. The van der Waals surface area contributed by atoms with Crippen LogP contribution in [0.15, 0.2) is 24.3 Å². The number of carbonyl (C=O) groups excluding carboxylic acids is 1. The minimum atomic E-state index is -0.219. The zero-order chi connectivity index (χ0) is 18.4. The van der Waals surface area contributed by atoms with Crippen LogP contribution in [0.5, 0.6) is 11.5 Å². The number of amides is 1. The van der Waals surface area contributed by atoms with Crippen LogP contribution in [0.2, 0.25) is 0 Å². The number of carbonyl (C=O) groups is 1. The molecule has 25 heavy (non-hydrogen) atoms. The Morgan fingerprint density at radius 1 is 1.16 bits per heavy atom. The molecule has 134 valence electrons. The van der Waals surface area contributed by atoms with Crippen molar-refractivity contribution in [3.8, 4) is 11.5 Å². The lowest BCUT2D eigenvalue weighted by atomic mass is 10.2. The van der Waals surface area contributed by atoms with Gasteiger partial charge in [0.2, 0.25) is 0 Å². The lowest BCUT2D eigenvalue weighted by Crippen LogP contribution is -2.28. The number of methoxy groups -OCH3 is 2. The number of aromatic nitrogens is 2. The van der Waals surface area contributed by atoms with E-state index in [-0.39, 0.29) is 5.91 Å². The Bertz CT molecular complexity index is 747. The van der Waals surface area contributed by atoms with E-state index in [0.29, 0.717) is 41.3 Å². The third kappa shape index (κ3) is 5.07.